The molecule has 0 spiro atoms. The number of carbonyl (C=O) groups is 1. The molecule has 0 saturated carbocycles. The molecule has 0 aromatic heterocycles. The summed E-state index contributed by atoms with van der Waals surface area (Å²) in [5, 5.41) is 12.4. The lowest BCUT2D eigenvalue weighted by atomic mass is 10.0. The molecule has 0 radical (unpaired) electrons. The molecule has 0 unspecified atom stereocenters. The standard InChI is InChI=1S/C28H26N2O5S/c1-5-8-22-15-21(16-23(18-29)28(31)30-25-10-7-6-9-20(25)3)17-26(34-4)27(22)35-36(32,33)24-13-11-19(2)12-14-24/h5-7,9-17H,1,8H2,2-4H3,(H,30,31)/b23-16+. The number of hydrogen-bond acceptors (Lipinski definition) is 6. The topological polar surface area (TPSA) is 105 Å². The van der Waals surface area contributed by atoms with E-state index < -0.39 is 16.0 Å². The Hall–Kier alpha value is -4.35. The molecule has 1 amide bonds. The Morgan fingerprint density at radius 3 is 2.42 bits per heavy atom. The summed E-state index contributed by atoms with van der Waals surface area (Å²) >= 11 is 0. The van der Waals surface area contributed by atoms with E-state index in [2.05, 4.69) is 11.9 Å². The number of rotatable bonds is 9. The van der Waals surface area contributed by atoms with Crippen molar-refractivity contribution in [2.24, 2.45) is 0 Å². The molecule has 3 rings (SSSR count). The molecule has 184 valence electrons. The zero-order chi connectivity index (χ0) is 26.3. The van der Waals surface area contributed by atoms with Gasteiger partial charge in [-0.3, -0.25) is 4.79 Å². The lowest BCUT2D eigenvalue weighted by molar-refractivity contribution is -0.112. The summed E-state index contributed by atoms with van der Waals surface area (Å²) in [6.45, 7) is 7.43. The van der Waals surface area contributed by atoms with Crippen molar-refractivity contribution in [3.8, 4) is 17.6 Å². The molecule has 0 aliphatic carbocycles. The van der Waals surface area contributed by atoms with Gasteiger partial charge in [-0.05, 0) is 67.8 Å². The second-order valence-corrected chi connectivity index (χ2v) is 9.54. The molecule has 0 aliphatic heterocycles. The maximum Gasteiger partial charge on any atom is 0.339 e. The number of para-hydroxylation sites is 1. The first-order valence-corrected chi connectivity index (χ1v) is 12.4. The van der Waals surface area contributed by atoms with E-state index in [9.17, 15) is 18.5 Å². The van der Waals surface area contributed by atoms with E-state index in [1.165, 1.54) is 31.4 Å². The molecule has 1 N–H and O–H groups in total. The Labute approximate surface area is 211 Å². The molecular weight excluding hydrogens is 476 g/mol. The van der Waals surface area contributed by atoms with Crippen molar-refractivity contribution in [2.75, 3.05) is 12.4 Å². The summed E-state index contributed by atoms with van der Waals surface area (Å²) in [5.74, 6) is -0.427. The number of amides is 1. The van der Waals surface area contributed by atoms with E-state index in [1.54, 1.807) is 36.4 Å². The highest BCUT2D eigenvalue weighted by molar-refractivity contribution is 7.87. The van der Waals surface area contributed by atoms with Gasteiger partial charge in [0, 0.05) is 11.3 Å². The second kappa shape index (κ2) is 11.4. The molecule has 0 fully saturated rings. The number of anilines is 1. The first-order valence-electron chi connectivity index (χ1n) is 11.0. The smallest absolute Gasteiger partial charge is 0.339 e. The number of nitriles is 1. The van der Waals surface area contributed by atoms with Gasteiger partial charge in [0.2, 0.25) is 0 Å². The SMILES string of the molecule is C=CCc1cc(/C=C(\C#N)C(=O)Nc2ccccc2C)cc(OC)c1OS(=O)(=O)c1ccc(C)cc1. The van der Waals surface area contributed by atoms with Gasteiger partial charge in [0.15, 0.2) is 11.5 Å². The highest BCUT2D eigenvalue weighted by Gasteiger charge is 2.22. The summed E-state index contributed by atoms with van der Waals surface area (Å²) in [6.07, 6.45) is 3.25. The van der Waals surface area contributed by atoms with Crippen LogP contribution in [0.5, 0.6) is 11.5 Å². The Kier molecular flexibility index (Phi) is 8.30. The van der Waals surface area contributed by atoms with Crippen molar-refractivity contribution in [3.05, 3.63) is 101 Å². The Morgan fingerprint density at radius 1 is 1.11 bits per heavy atom. The van der Waals surface area contributed by atoms with Gasteiger partial charge in [-0.2, -0.15) is 13.7 Å². The Morgan fingerprint density at radius 2 is 1.81 bits per heavy atom. The van der Waals surface area contributed by atoms with E-state index >= 15 is 0 Å². The summed E-state index contributed by atoms with van der Waals surface area (Å²) < 4.78 is 36.8. The molecule has 0 aliphatic rings. The van der Waals surface area contributed by atoms with E-state index in [-0.39, 0.29) is 28.4 Å². The molecule has 36 heavy (non-hydrogen) atoms. The molecular formula is C28H26N2O5S. The fourth-order valence-electron chi connectivity index (χ4n) is 3.40. The van der Waals surface area contributed by atoms with Gasteiger partial charge in [-0.1, -0.05) is 42.0 Å². The fraction of sp³-hybridized carbons (Fsp3) is 0.143. The van der Waals surface area contributed by atoms with Crippen molar-refractivity contribution in [1.82, 2.24) is 0 Å². The van der Waals surface area contributed by atoms with E-state index in [4.69, 9.17) is 8.92 Å². The van der Waals surface area contributed by atoms with Crippen molar-refractivity contribution in [2.45, 2.75) is 25.2 Å². The van der Waals surface area contributed by atoms with Crippen LogP contribution in [0.4, 0.5) is 5.69 Å². The third-order valence-electron chi connectivity index (χ3n) is 5.31. The third kappa shape index (κ3) is 6.20. The highest BCUT2D eigenvalue weighted by atomic mass is 32.2. The molecule has 8 heteroatoms. The minimum absolute atomic E-state index is 0.00308. The van der Waals surface area contributed by atoms with Crippen LogP contribution >= 0.6 is 0 Å². The van der Waals surface area contributed by atoms with Crippen molar-refractivity contribution in [3.63, 3.8) is 0 Å². The number of hydrogen-bond donors (Lipinski definition) is 1. The van der Waals surface area contributed by atoms with E-state index in [0.29, 0.717) is 16.8 Å². The molecule has 0 bridgehead atoms. The van der Waals surface area contributed by atoms with Crippen LogP contribution in [0.2, 0.25) is 0 Å². The van der Waals surface area contributed by atoms with Crippen LogP contribution in [-0.4, -0.2) is 21.4 Å². The van der Waals surface area contributed by atoms with E-state index in [0.717, 1.165) is 11.1 Å². The number of carbonyl (C=O) groups excluding carboxylic acids is 1. The number of nitrogens with one attached hydrogen (secondary N) is 1. The van der Waals surface area contributed by atoms with Gasteiger partial charge in [-0.15, -0.1) is 6.58 Å². The zero-order valence-corrected chi connectivity index (χ0v) is 21.1. The van der Waals surface area contributed by atoms with Gasteiger partial charge < -0.3 is 14.2 Å². The van der Waals surface area contributed by atoms with Gasteiger partial charge >= 0.3 is 10.1 Å². The predicted molar refractivity (Wildman–Crippen MR) is 139 cm³/mol. The van der Waals surface area contributed by atoms with Crippen LogP contribution < -0.4 is 14.2 Å². The summed E-state index contributed by atoms with van der Waals surface area (Å²) in [5.41, 5.74) is 3.15. The summed E-state index contributed by atoms with van der Waals surface area (Å²) in [7, 11) is -2.77. The number of aryl methyl sites for hydroxylation is 2. The number of methoxy groups -OCH3 is 1. The molecule has 0 saturated heterocycles. The fourth-order valence-corrected chi connectivity index (χ4v) is 4.38. The minimum atomic E-state index is -4.14. The average Bonchev–Trinajstić information content (AvgIpc) is 2.85. The maximum absolute atomic E-state index is 12.9. The van der Waals surface area contributed by atoms with Gasteiger partial charge in [-0.25, -0.2) is 0 Å². The van der Waals surface area contributed by atoms with Crippen LogP contribution in [-0.2, 0) is 21.3 Å². The molecule has 7 nitrogen and oxygen atoms in total. The summed E-state index contributed by atoms with van der Waals surface area (Å²) in [4.78, 5) is 12.8. The normalized spacial score (nSPS) is 11.3. The van der Waals surface area contributed by atoms with E-state index in [1.807, 2.05) is 32.0 Å². The first kappa shape index (κ1) is 26.3. The molecule has 3 aromatic rings. The van der Waals surface area contributed by atoms with Crippen LogP contribution in [0.25, 0.3) is 6.08 Å². The lowest BCUT2D eigenvalue weighted by Gasteiger charge is -2.16. The number of benzene rings is 3. The zero-order valence-electron chi connectivity index (χ0n) is 20.2. The summed E-state index contributed by atoms with van der Waals surface area (Å²) in [6, 6.07) is 18.6. The number of allylic oxidation sites excluding steroid dienone is 1. The first-order chi connectivity index (χ1) is 17.2. The molecule has 0 atom stereocenters. The number of ether oxygens (including phenoxy) is 1. The number of nitrogens with zero attached hydrogens (tertiary/aromatic N) is 1. The van der Waals surface area contributed by atoms with Crippen LogP contribution in [0.15, 0.2) is 83.8 Å². The van der Waals surface area contributed by atoms with Gasteiger partial charge in [0.05, 0.1) is 7.11 Å². The second-order valence-electron chi connectivity index (χ2n) is 7.99. The van der Waals surface area contributed by atoms with Crippen LogP contribution in [0, 0.1) is 25.2 Å². The quantitative estimate of drug-likeness (QED) is 0.183. The van der Waals surface area contributed by atoms with Crippen molar-refractivity contribution < 1.29 is 22.1 Å². The minimum Gasteiger partial charge on any atom is -0.493 e. The predicted octanol–water partition coefficient (Wildman–Crippen LogP) is 5.35. The van der Waals surface area contributed by atoms with Crippen LogP contribution in [0.1, 0.15) is 22.3 Å². The largest absolute Gasteiger partial charge is 0.493 e. The Bertz CT molecular complexity index is 1470. The van der Waals surface area contributed by atoms with Crippen molar-refractivity contribution >= 4 is 27.8 Å². The van der Waals surface area contributed by atoms with Gasteiger partial charge in [0.25, 0.3) is 5.91 Å². The van der Waals surface area contributed by atoms with Crippen LogP contribution in [0.3, 0.4) is 0 Å². The third-order valence-corrected chi connectivity index (χ3v) is 6.55. The molecule has 3 aromatic carbocycles. The Balaban J connectivity index is 2.00. The molecule has 0 heterocycles. The monoisotopic (exact) mass is 502 g/mol. The van der Waals surface area contributed by atoms with Gasteiger partial charge in [0.1, 0.15) is 16.5 Å². The average molecular weight is 503 g/mol. The highest BCUT2D eigenvalue weighted by Crippen LogP contribution is 2.36. The maximum atomic E-state index is 12.9. The van der Waals surface area contributed by atoms with Crippen molar-refractivity contribution in [1.29, 1.82) is 5.26 Å². The lowest BCUT2D eigenvalue weighted by Crippen LogP contribution is -2.14.